The lowest BCUT2D eigenvalue weighted by Crippen LogP contribution is -2.33. The highest BCUT2D eigenvalue weighted by Gasteiger charge is 2.08. The van der Waals surface area contributed by atoms with Crippen molar-refractivity contribution in [3.05, 3.63) is 28.7 Å². The first kappa shape index (κ1) is 14.7. The van der Waals surface area contributed by atoms with Crippen LogP contribution in [0, 0.1) is 0 Å². The normalized spacial score (nSPS) is 14.6. The fourth-order valence-corrected chi connectivity index (χ4v) is 2.15. The van der Waals surface area contributed by atoms with Gasteiger partial charge in [-0.1, -0.05) is 15.9 Å². The van der Waals surface area contributed by atoms with Crippen LogP contribution in [0.1, 0.15) is 20.8 Å². The molecule has 1 rings (SSSR count). The van der Waals surface area contributed by atoms with Crippen LogP contribution >= 0.6 is 15.9 Å². The fraction of sp³-hybridized carbons (Fsp3) is 0.500. The highest BCUT2D eigenvalue weighted by atomic mass is 79.9. The van der Waals surface area contributed by atoms with Crippen molar-refractivity contribution in [1.82, 2.24) is 4.72 Å². The second kappa shape index (κ2) is 7.13. The Kier molecular flexibility index (Phi) is 6.16. The molecule has 0 spiro atoms. The average Bonchev–Trinajstić information content (AvgIpc) is 2.29. The van der Waals surface area contributed by atoms with Crippen molar-refractivity contribution >= 4 is 26.9 Å². The molecule has 2 atom stereocenters. The molecule has 5 heteroatoms. The molecular weight excluding hydrogens is 302 g/mol. The van der Waals surface area contributed by atoms with Gasteiger partial charge in [0.05, 0.1) is 11.0 Å². The van der Waals surface area contributed by atoms with Gasteiger partial charge in [-0.15, -0.1) is 0 Å². The van der Waals surface area contributed by atoms with E-state index in [1.54, 1.807) is 0 Å². The van der Waals surface area contributed by atoms with E-state index in [1.807, 2.05) is 45.0 Å². The summed E-state index contributed by atoms with van der Waals surface area (Å²) in [5, 5.41) is 0.120. The minimum Gasteiger partial charge on any atom is -0.489 e. The third kappa shape index (κ3) is 5.66. The van der Waals surface area contributed by atoms with E-state index >= 15 is 0 Å². The Morgan fingerprint density at radius 3 is 2.41 bits per heavy atom. The minimum absolute atomic E-state index is 0.0149. The van der Waals surface area contributed by atoms with Gasteiger partial charge in [-0.25, -0.2) is 8.93 Å². The van der Waals surface area contributed by atoms with E-state index in [0.717, 1.165) is 10.2 Å². The second-order valence-corrected chi connectivity index (χ2v) is 6.82. The van der Waals surface area contributed by atoms with Gasteiger partial charge in [0.15, 0.2) is 0 Å². The van der Waals surface area contributed by atoms with Crippen molar-refractivity contribution < 1.29 is 8.95 Å². The summed E-state index contributed by atoms with van der Waals surface area (Å²) >= 11 is 3.37. The van der Waals surface area contributed by atoms with Crippen LogP contribution in [-0.4, -0.2) is 22.1 Å². The van der Waals surface area contributed by atoms with Crippen LogP contribution in [0.25, 0.3) is 0 Å². The average molecular weight is 320 g/mol. The largest absolute Gasteiger partial charge is 0.489 e. The van der Waals surface area contributed by atoms with Crippen LogP contribution in [0.2, 0.25) is 0 Å². The molecule has 2 unspecified atom stereocenters. The van der Waals surface area contributed by atoms with Gasteiger partial charge in [0.25, 0.3) is 0 Å². The maximum atomic E-state index is 11.5. The van der Waals surface area contributed by atoms with Gasteiger partial charge in [-0.3, -0.25) is 0 Å². The molecule has 0 aromatic heterocycles. The molecule has 96 valence electrons. The van der Waals surface area contributed by atoms with Crippen LogP contribution in [0.15, 0.2) is 28.7 Å². The Morgan fingerprint density at radius 2 is 1.88 bits per heavy atom. The summed E-state index contributed by atoms with van der Waals surface area (Å²) < 4.78 is 21.1. The summed E-state index contributed by atoms with van der Waals surface area (Å²) in [7, 11) is -0.991. The summed E-state index contributed by atoms with van der Waals surface area (Å²) in [6, 6.07) is 7.67. The van der Waals surface area contributed by atoms with Gasteiger partial charge in [0.2, 0.25) is 0 Å². The van der Waals surface area contributed by atoms with Crippen LogP contribution in [0.3, 0.4) is 0 Å². The van der Waals surface area contributed by atoms with Crippen molar-refractivity contribution in [2.45, 2.75) is 32.1 Å². The van der Waals surface area contributed by atoms with Crippen LogP contribution in [0.4, 0.5) is 0 Å². The smallest absolute Gasteiger partial charge is 0.119 e. The molecule has 17 heavy (non-hydrogen) atoms. The monoisotopic (exact) mass is 319 g/mol. The van der Waals surface area contributed by atoms with Crippen molar-refractivity contribution in [1.29, 1.82) is 0 Å². The summed E-state index contributed by atoms with van der Waals surface area (Å²) in [6.07, 6.45) is -0.0149. The SMILES string of the molecule is CC(CNS(=O)C(C)C)Oc1ccc(Br)cc1. The highest BCUT2D eigenvalue weighted by molar-refractivity contribution is 9.10. The van der Waals surface area contributed by atoms with Crippen molar-refractivity contribution in [3.63, 3.8) is 0 Å². The first-order valence-corrected chi connectivity index (χ1v) is 7.56. The van der Waals surface area contributed by atoms with Gasteiger partial charge in [-0.05, 0) is 45.0 Å². The third-order valence-corrected chi connectivity index (χ3v) is 3.93. The van der Waals surface area contributed by atoms with Crippen molar-refractivity contribution in [2.24, 2.45) is 0 Å². The van der Waals surface area contributed by atoms with Gasteiger partial charge >= 0.3 is 0 Å². The molecule has 0 saturated carbocycles. The van der Waals surface area contributed by atoms with E-state index in [0.29, 0.717) is 6.54 Å². The number of benzene rings is 1. The van der Waals surface area contributed by atoms with Gasteiger partial charge < -0.3 is 4.74 Å². The predicted octanol–water partition coefficient (Wildman–Crippen LogP) is 2.88. The number of hydrogen-bond acceptors (Lipinski definition) is 2. The quantitative estimate of drug-likeness (QED) is 0.875. The van der Waals surface area contributed by atoms with Crippen LogP contribution in [0.5, 0.6) is 5.75 Å². The molecule has 0 aliphatic carbocycles. The molecule has 0 aliphatic heterocycles. The molecule has 0 saturated heterocycles. The van der Waals surface area contributed by atoms with Gasteiger partial charge in [-0.2, -0.15) is 0 Å². The molecule has 0 aliphatic rings. The predicted molar refractivity (Wildman–Crippen MR) is 75.5 cm³/mol. The molecule has 1 aromatic carbocycles. The molecule has 0 fully saturated rings. The Balaban J connectivity index is 2.37. The van der Waals surface area contributed by atoms with E-state index in [4.69, 9.17) is 4.74 Å². The van der Waals surface area contributed by atoms with E-state index in [-0.39, 0.29) is 11.4 Å². The highest BCUT2D eigenvalue weighted by Crippen LogP contribution is 2.17. The Morgan fingerprint density at radius 1 is 1.29 bits per heavy atom. The van der Waals surface area contributed by atoms with Gasteiger partial charge in [0, 0.05) is 16.3 Å². The number of rotatable bonds is 6. The van der Waals surface area contributed by atoms with E-state index in [1.165, 1.54) is 0 Å². The zero-order valence-electron chi connectivity index (χ0n) is 10.3. The molecule has 1 N–H and O–H groups in total. The summed E-state index contributed by atoms with van der Waals surface area (Å²) in [5.41, 5.74) is 0. The topological polar surface area (TPSA) is 38.3 Å². The number of halogens is 1. The lowest BCUT2D eigenvalue weighted by Gasteiger charge is -2.16. The summed E-state index contributed by atoms with van der Waals surface area (Å²) in [4.78, 5) is 0. The van der Waals surface area contributed by atoms with Crippen molar-refractivity contribution in [2.75, 3.05) is 6.54 Å². The Labute approximate surface area is 114 Å². The standard InChI is InChI=1S/C12H18BrNO2S/c1-9(2)17(15)14-8-10(3)16-12-6-4-11(13)5-7-12/h4-7,9-10,14H,8H2,1-3H3. The fourth-order valence-electron chi connectivity index (χ4n) is 1.15. The molecule has 0 bridgehead atoms. The molecule has 3 nitrogen and oxygen atoms in total. The molecule has 0 radical (unpaired) electrons. The van der Waals surface area contributed by atoms with E-state index in [9.17, 15) is 4.21 Å². The lowest BCUT2D eigenvalue weighted by atomic mass is 10.3. The minimum atomic E-state index is -0.991. The first-order chi connectivity index (χ1) is 7.99. The van der Waals surface area contributed by atoms with E-state index < -0.39 is 11.0 Å². The van der Waals surface area contributed by atoms with E-state index in [2.05, 4.69) is 20.7 Å². The molecule has 0 amide bonds. The second-order valence-electron chi connectivity index (χ2n) is 4.08. The number of ether oxygens (including phenoxy) is 1. The van der Waals surface area contributed by atoms with Crippen LogP contribution < -0.4 is 9.46 Å². The molecule has 0 heterocycles. The Bertz CT molecular complexity index is 367. The first-order valence-electron chi connectivity index (χ1n) is 5.55. The van der Waals surface area contributed by atoms with Crippen LogP contribution in [-0.2, 0) is 11.0 Å². The molecule has 1 aromatic rings. The summed E-state index contributed by atoms with van der Waals surface area (Å²) in [5.74, 6) is 0.817. The maximum Gasteiger partial charge on any atom is 0.119 e. The summed E-state index contributed by atoms with van der Waals surface area (Å²) in [6.45, 7) is 6.36. The Hall–Kier alpha value is -0.390. The number of nitrogens with one attached hydrogen (secondary N) is 1. The maximum absolute atomic E-state index is 11.5. The van der Waals surface area contributed by atoms with Gasteiger partial charge in [0.1, 0.15) is 11.9 Å². The zero-order valence-corrected chi connectivity index (χ0v) is 12.7. The number of hydrogen-bond donors (Lipinski definition) is 1. The zero-order chi connectivity index (χ0) is 12.8. The molecular formula is C12H18BrNO2S. The third-order valence-electron chi connectivity index (χ3n) is 2.09. The lowest BCUT2D eigenvalue weighted by molar-refractivity contribution is 0.225. The van der Waals surface area contributed by atoms with Crippen molar-refractivity contribution in [3.8, 4) is 5.75 Å².